The Hall–Kier alpha value is -2.11. The second-order valence-corrected chi connectivity index (χ2v) is 2.23. The van der Waals surface area contributed by atoms with Gasteiger partial charge in [0.2, 0.25) is 0 Å². The Morgan fingerprint density at radius 1 is 1.46 bits per heavy atom. The van der Waals surface area contributed by atoms with Crippen molar-refractivity contribution < 1.29 is 9.32 Å². The van der Waals surface area contributed by atoms with Crippen molar-refractivity contribution in [3.05, 3.63) is 24.3 Å². The van der Waals surface area contributed by atoms with Gasteiger partial charge in [-0.25, -0.2) is 4.98 Å². The summed E-state index contributed by atoms with van der Waals surface area (Å²) in [4.78, 5) is 14.0. The van der Waals surface area contributed by atoms with Crippen LogP contribution in [-0.2, 0) is 0 Å². The van der Waals surface area contributed by atoms with Gasteiger partial charge in [-0.3, -0.25) is 4.79 Å². The number of rotatable bonds is 2. The molecule has 0 N–H and O–H groups in total. The van der Waals surface area contributed by atoms with Crippen molar-refractivity contribution >= 4 is 6.29 Å². The average Bonchev–Trinajstić information content (AvgIpc) is 2.67. The van der Waals surface area contributed by atoms with Gasteiger partial charge in [-0.05, 0) is 0 Å². The Bertz CT molecular complexity index is 411. The zero-order valence-corrected chi connectivity index (χ0v) is 6.41. The molecule has 2 rings (SSSR count). The van der Waals surface area contributed by atoms with Crippen molar-refractivity contribution in [3.8, 4) is 11.5 Å². The molecule has 13 heavy (non-hydrogen) atoms. The van der Waals surface area contributed by atoms with Crippen LogP contribution in [0.25, 0.3) is 11.5 Å². The number of hydrogen-bond acceptors (Lipinski definition) is 6. The summed E-state index contributed by atoms with van der Waals surface area (Å²) in [5.41, 5.74) is 0.670. The normalized spacial score (nSPS) is 9.85. The average molecular weight is 176 g/mol. The van der Waals surface area contributed by atoms with Crippen LogP contribution in [0.5, 0.6) is 0 Å². The molecule has 0 saturated heterocycles. The van der Waals surface area contributed by atoms with E-state index in [2.05, 4.69) is 20.3 Å². The maximum Gasteiger partial charge on any atom is 0.189 e. The van der Waals surface area contributed by atoms with Crippen molar-refractivity contribution in [1.82, 2.24) is 20.3 Å². The van der Waals surface area contributed by atoms with Crippen LogP contribution in [0.3, 0.4) is 0 Å². The van der Waals surface area contributed by atoms with Crippen LogP contribution in [0, 0.1) is 0 Å². The molecule has 0 amide bonds. The van der Waals surface area contributed by atoms with E-state index in [1.807, 2.05) is 0 Å². The Morgan fingerprint density at radius 3 is 3.00 bits per heavy atom. The number of hydrogen-bond donors (Lipinski definition) is 0. The molecule has 0 bridgehead atoms. The van der Waals surface area contributed by atoms with Crippen molar-refractivity contribution in [3.63, 3.8) is 0 Å². The van der Waals surface area contributed by atoms with Gasteiger partial charge >= 0.3 is 0 Å². The summed E-state index contributed by atoms with van der Waals surface area (Å²) in [6.07, 6.45) is 3.37. The van der Waals surface area contributed by atoms with Crippen LogP contribution in [0.1, 0.15) is 10.5 Å². The third kappa shape index (κ3) is 1.41. The van der Waals surface area contributed by atoms with E-state index in [0.29, 0.717) is 17.7 Å². The molecular weight excluding hydrogens is 172 g/mol. The third-order valence-electron chi connectivity index (χ3n) is 1.38. The van der Waals surface area contributed by atoms with E-state index < -0.39 is 0 Å². The molecule has 2 heterocycles. The Balaban J connectivity index is 2.41. The van der Waals surface area contributed by atoms with Crippen molar-refractivity contribution in [1.29, 1.82) is 0 Å². The monoisotopic (exact) mass is 176 g/mol. The van der Waals surface area contributed by atoms with Crippen molar-refractivity contribution in [2.45, 2.75) is 0 Å². The van der Waals surface area contributed by atoms with Gasteiger partial charge in [-0.15, -0.1) is 10.2 Å². The number of nitrogens with zero attached hydrogens (tertiary/aromatic N) is 4. The van der Waals surface area contributed by atoms with Gasteiger partial charge in [0.05, 0.1) is 6.20 Å². The predicted octanol–water partition coefficient (Wildman–Crippen LogP) is 0.339. The summed E-state index contributed by atoms with van der Waals surface area (Å²) in [7, 11) is 0. The zero-order valence-electron chi connectivity index (χ0n) is 6.41. The highest BCUT2D eigenvalue weighted by atomic mass is 16.5. The predicted molar refractivity (Wildman–Crippen MR) is 40.7 cm³/mol. The summed E-state index contributed by atoms with van der Waals surface area (Å²) in [5.74, 6) is 0.378. The smallest absolute Gasteiger partial charge is 0.189 e. The van der Waals surface area contributed by atoms with Crippen LogP contribution in [0.2, 0.25) is 0 Å². The van der Waals surface area contributed by atoms with Crippen LogP contribution in [0.15, 0.2) is 23.1 Å². The van der Waals surface area contributed by atoms with Crippen LogP contribution in [0.4, 0.5) is 0 Å². The molecule has 64 valence electrons. The van der Waals surface area contributed by atoms with Gasteiger partial charge in [0.1, 0.15) is 17.7 Å². The fourth-order valence-corrected chi connectivity index (χ4v) is 0.826. The highest BCUT2D eigenvalue weighted by Gasteiger charge is 2.06. The molecule has 0 aliphatic carbocycles. The van der Waals surface area contributed by atoms with Crippen LogP contribution in [-0.4, -0.2) is 26.6 Å². The second-order valence-electron chi connectivity index (χ2n) is 2.23. The van der Waals surface area contributed by atoms with E-state index >= 15 is 0 Å². The molecular formula is C7H4N4O2. The maximum atomic E-state index is 10.3. The van der Waals surface area contributed by atoms with Crippen LogP contribution < -0.4 is 0 Å². The van der Waals surface area contributed by atoms with Gasteiger partial charge in [0.15, 0.2) is 12.0 Å². The molecule has 0 aliphatic heterocycles. The minimum atomic E-state index is 0.223. The lowest BCUT2D eigenvalue weighted by Crippen LogP contribution is -1.86. The lowest BCUT2D eigenvalue weighted by atomic mass is 10.3. The summed E-state index contributed by atoms with van der Waals surface area (Å²) in [6, 6.07) is 1.47. The Labute approximate surface area is 72.6 Å². The molecule has 0 unspecified atom stereocenters. The fraction of sp³-hybridized carbons (Fsp3) is 0. The number of carbonyl (C=O) groups excluding carboxylic acids is 1. The van der Waals surface area contributed by atoms with Gasteiger partial charge in [-0.2, -0.15) is 0 Å². The number of aromatic nitrogens is 4. The van der Waals surface area contributed by atoms with Crippen molar-refractivity contribution in [2.75, 3.05) is 0 Å². The topological polar surface area (TPSA) is 81.8 Å². The molecule has 0 saturated carbocycles. The summed E-state index contributed by atoms with van der Waals surface area (Å²) in [5, 5.41) is 10.8. The molecule has 0 aliphatic rings. The maximum absolute atomic E-state index is 10.3. The first-order valence-electron chi connectivity index (χ1n) is 3.45. The number of aldehydes is 1. The molecule has 0 spiro atoms. The summed E-state index contributed by atoms with van der Waals surface area (Å²) in [6.45, 7) is 0. The molecule has 2 aromatic heterocycles. The van der Waals surface area contributed by atoms with Gasteiger partial charge < -0.3 is 4.52 Å². The molecule has 0 radical (unpaired) electrons. The van der Waals surface area contributed by atoms with Gasteiger partial charge in [0, 0.05) is 6.07 Å². The molecule has 2 aromatic rings. The second kappa shape index (κ2) is 3.10. The van der Waals surface area contributed by atoms with Crippen LogP contribution >= 0.6 is 0 Å². The third-order valence-corrected chi connectivity index (χ3v) is 1.38. The van der Waals surface area contributed by atoms with E-state index in [9.17, 15) is 4.79 Å². The highest BCUT2D eigenvalue weighted by molar-refractivity contribution is 5.73. The highest BCUT2D eigenvalue weighted by Crippen LogP contribution is 2.14. The summed E-state index contributed by atoms with van der Waals surface area (Å²) >= 11 is 0. The van der Waals surface area contributed by atoms with E-state index in [1.165, 1.54) is 18.6 Å². The first kappa shape index (κ1) is 7.53. The van der Waals surface area contributed by atoms with E-state index in [-0.39, 0.29) is 5.69 Å². The molecule has 0 atom stereocenters. The first-order chi connectivity index (χ1) is 6.40. The lowest BCUT2D eigenvalue weighted by molar-refractivity contribution is 0.111. The molecule has 6 heteroatoms. The Morgan fingerprint density at radius 2 is 2.38 bits per heavy atom. The largest absolute Gasteiger partial charge is 0.354 e. The van der Waals surface area contributed by atoms with Gasteiger partial charge in [0.25, 0.3) is 0 Å². The molecule has 0 fully saturated rings. The van der Waals surface area contributed by atoms with E-state index in [4.69, 9.17) is 4.52 Å². The SMILES string of the molecule is O=Cc1cc(-c2cncnn2)on1. The van der Waals surface area contributed by atoms with Gasteiger partial charge in [-0.1, -0.05) is 5.16 Å². The van der Waals surface area contributed by atoms with E-state index in [0.717, 1.165) is 0 Å². The molecule has 6 nitrogen and oxygen atoms in total. The molecule has 0 aromatic carbocycles. The van der Waals surface area contributed by atoms with Crippen molar-refractivity contribution in [2.24, 2.45) is 0 Å². The standard InChI is InChI=1S/C7H4N4O2/c12-3-5-1-7(13-11-5)6-2-8-4-9-10-6/h1-4H. The Kier molecular flexibility index (Phi) is 1.79. The lowest BCUT2D eigenvalue weighted by Gasteiger charge is -1.87. The first-order valence-corrected chi connectivity index (χ1v) is 3.45. The number of carbonyl (C=O) groups is 1. The zero-order chi connectivity index (χ0) is 9.10. The summed E-state index contributed by atoms with van der Waals surface area (Å²) < 4.78 is 4.82. The minimum Gasteiger partial charge on any atom is -0.354 e. The van der Waals surface area contributed by atoms with E-state index in [1.54, 1.807) is 0 Å². The quantitative estimate of drug-likeness (QED) is 0.613. The fourth-order valence-electron chi connectivity index (χ4n) is 0.826. The minimum absolute atomic E-state index is 0.223.